The van der Waals surface area contributed by atoms with Crippen molar-refractivity contribution in [2.24, 2.45) is 5.92 Å². The molecule has 1 saturated heterocycles. The first-order valence-corrected chi connectivity index (χ1v) is 8.31. The van der Waals surface area contributed by atoms with Gasteiger partial charge in [-0.3, -0.25) is 4.79 Å². The minimum atomic E-state index is -3.70. The third kappa shape index (κ3) is 3.59. The number of carbonyl (C=O) groups is 1. The van der Waals surface area contributed by atoms with E-state index in [-0.39, 0.29) is 24.0 Å². The molecule has 116 valence electrons. The average molecular weight is 315 g/mol. The molecule has 2 rings (SSSR count). The summed E-state index contributed by atoms with van der Waals surface area (Å²) < 4.78 is 44.1. The lowest BCUT2D eigenvalue weighted by atomic mass is 10.0. The normalized spacial score (nSPS) is 20.2. The third-order valence-electron chi connectivity index (χ3n) is 3.46. The summed E-state index contributed by atoms with van der Waals surface area (Å²) in [4.78, 5) is 11.8. The smallest absolute Gasteiger partial charge is 0.310 e. The number of benzene rings is 1. The van der Waals surface area contributed by atoms with Crippen LogP contribution < -0.4 is 0 Å². The lowest BCUT2D eigenvalue weighted by Gasteiger charge is -2.30. The van der Waals surface area contributed by atoms with Crippen molar-refractivity contribution in [1.82, 2.24) is 4.31 Å². The molecular weight excluding hydrogens is 297 g/mol. The van der Waals surface area contributed by atoms with Crippen LogP contribution >= 0.6 is 0 Å². The van der Waals surface area contributed by atoms with Crippen LogP contribution in [0.5, 0.6) is 0 Å². The van der Waals surface area contributed by atoms with Crippen molar-refractivity contribution in [2.75, 3.05) is 19.7 Å². The first-order valence-electron chi connectivity index (χ1n) is 6.87. The monoisotopic (exact) mass is 315 g/mol. The molecule has 1 aromatic carbocycles. The number of nitrogens with zero attached hydrogens (tertiary/aromatic N) is 1. The molecule has 1 aromatic rings. The lowest BCUT2D eigenvalue weighted by molar-refractivity contribution is -0.149. The molecule has 0 N–H and O–H groups in total. The second-order valence-electron chi connectivity index (χ2n) is 4.91. The predicted molar refractivity (Wildman–Crippen MR) is 74.5 cm³/mol. The van der Waals surface area contributed by atoms with Gasteiger partial charge < -0.3 is 4.74 Å². The summed E-state index contributed by atoms with van der Waals surface area (Å²) in [6, 6.07) is 4.69. The molecule has 0 aromatic heterocycles. The minimum Gasteiger partial charge on any atom is -0.466 e. The van der Waals surface area contributed by atoms with Gasteiger partial charge in [-0.1, -0.05) is 0 Å². The van der Waals surface area contributed by atoms with Crippen LogP contribution in [0, 0.1) is 11.7 Å². The van der Waals surface area contributed by atoms with Crippen LogP contribution in [0.3, 0.4) is 0 Å². The fraction of sp³-hybridized carbons (Fsp3) is 0.500. The second kappa shape index (κ2) is 6.53. The Kier molecular flexibility index (Phi) is 4.95. The summed E-state index contributed by atoms with van der Waals surface area (Å²) in [5, 5.41) is 0. The van der Waals surface area contributed by atoms with Gasteiger partial charge in [0.25, 0.3) is 0 Å². The molecule has 5 nitrogen and oxygen atoms in total. The lowest BCUT2D eigenvalue weighted by Crippen LogP contribution is -2.42. The van der Waals surface area contributed by atoms with E-state index in [1.165, 1.54) is 16.4 Å². The fourth-order valence-electron chi connectivity index (χ4n) is 2.37. The van der Waals surface area contributed by atoms with E-state index < -0.39 is 21.8 Å². The zero-order valence-corrected chi connectivity index (χ0v) is 12.6. The van der Waals surface area contributed by atoms with Crippen LogP contribution in [-0.4, -0.2) is 38.4 Å². The molecule has 1 aliphatic heterocycles. The highest BCUT2D eigenvalue weighted by Crippen LogP contribution is 2.24. The Labute approximate surface area is 123 Å². The number of ether oxygens (including phenoxy) is 1. The molecule has 0 aliphatic carbocycles. The number of esters is 1. The number of hydrogen-bond acceptors (Lipinski definition) is 4. The van der Waals surface area contributed by atoms with E-state index in [1.807, 2.05) is 0 Å². The molecule has 0 spiro atoms. The van der Waals surface area contributed by atoms with E-state index in [9.17, 15) is 17.6 Å². The van der Waals surface area contributed by atoms with E-state index in [0.29, 0.717) is 19.4 Å². The van der Waals surface area contributed by atoms with Gasteiger partial charge in [-0.2, -0.15) is 4.31 Å². The van der Waals surface area contributed by atoms with Crippen molar-refractivity contribution in [2.45, 2.75) is 24.7 Å². The zero-order valence-electron chi connectivity index (χ0n) is 11.8. The van der Waals surface area contributed by atoms with Gasteiger partial charge in [0.05, 0.1) is 17.4 Å². The maximum absolute atomic E-state index is 12.9. The summed E-state index contributed by atoms with van der Waals surface area (Å²) >= 11 is 0. The van der Waals surface area contributed by atoms with Crippen LogP contribution in [0.4, 0.5) is 4.39 Å². The maximum Gasteiger partial charge on any atom is 0.310 e. The predicted octanol–water partition coefficient (Wildman–Crippen LogP) is 1.79. The Morgan fingerprint density at radius 3 is 2.67 bits per heavy atom. The van der Waals surface area contributed by atoms with E-state index >= 15 is 0 Å². The SMILES string of the molecule is CCOC(=O)C1CCCN(S(=O)(=O)c2ccc(F)cc2)C1. The molecule has 21 heavy (non-hydrogen) atoms. The van der Waals surface area contributed by atoms with Gasteiger partial charge in [0.1, 0.15) is 5.82 Å². The maximum atomic E-state index is 12.9. The fourth-order valence-corrected chi connectivity index (χ4v) is 3.89. The van der Waals surface area contributed by atoms with Crippen molar-refractivity contribution in [3.8, 4) is 0 Å². The number of carbonyl (C=O) groups excluding carboxylic acids is 1. The van der Waals surface area contributed by atoms with Gasteiger partial charge in [-0.15, -0.1) is 0 Å². The molecule has 1 atom stereocenters. The standard InChI is InChI=1S/C14H18FNO4S/c1-2-20-14(17)11-4-3-9-16(10-11)21(18,19)13-7-5-12(15)6-8-13/h5-8,11H,2-4,9-10H2,1H3. The van der Waals surface area contributed by atoms with E-state index in [4.69, 9.17) is 4.74 Å². The van der Waals surface area contributed by atoms with Crippen LogP contribution in [0.25, 0.3) is 0 Å². The molecule has 1 fully saturated rings. The number of piperidine rings is 1. The first kappa shape index (κ1) is 15.9. The Balaban J connectivity index is 2.16. The molecule has 0 saturated carbocycles. The van der Waals surface area contributed by atoms with E-state index in [0.717, 1.165) is 12.1 Å². The Hall–Kier alpha value is -1.47. The third-order valence-corrected chi connectivity index (χ3v) is 5.33. The molecule has 1 unspecified atom stereocenters. The molecule has 7 heteroatoms. The van der Waals surface area contributed by atoms with Crippen LogP contribution in [0.15, 0.2) is 29.2 Å². The molecule has 1 aliphatic rings. The van der Waals surface area contributed by atoms with Crippen LogP contribution in [0.1, 0.15) is 19.8 Å². The summed E-state index contributed by atoms with van der Waals surface area (Å²) in [5.74, 6) is -1.29. The quantitative estimate of drug-likeness (QED) is 0.795. The molecular formula is C14H18FNO4S. The molecule has 1 heterocycles. The Morgan fingerprint density at radius 2 is 2.05 bits per heavy atom. The van der Waals surface area contributed by atoms with Gasteiger partial charge in [-0.25, -0.2) is 12.8 Å². The number of hydrogen-bond donors (Lipinski definition) is 0. The van der Waals surface area contributed by atoms with Gasteiger partial charge in [0.2, 0.25) is 10.0 Å². The highest BCUT2D eigenvalue weighted by molar-refractivity contribution is 7.89. The number of halogens is 1. The minimum absolute atomic E-state index is 0.0356. The Bertz CT molecular complexity index is 600. The van der Waals surface area contributed by atoms with Crippen molar-refractivity contribution in [3.63, 3.8) is 0 Å². The van der Waals surface area contributed by atoms with Gasteiger partial charge in [0.15, 0.2) is 0 Å². The van der Waals surface area contributed by atoms with Crippen molar-refractivity contribution < 1.29 is 22.3 Å². The summed E-state index contributed by atoms with van der Waals surface area (Å²) in [6.07, 6.45) is 1.22. The topological polar surface area (TPSA) is 63.7 Å². The van der Waals surface area contributed by atoms with Gasteiger partial charge in [0, 0.05) is 13.1 Å². The number of rotatable bonds is 4. The molecule has 0 radical (unpaired) electrons. The summed E-state index contributed by atoms with van der Waals surface area (Å²) in [7, 11) is -3.70. The second-order valence-corrected chi connectivity index (χ2v) is 6.85. The van der Waals surface area contributed by atoms with Gasteiger partial charge in [-0.05, 0) is 44.0 Å². The van der Waals surface area contributed by atoms with Crippen LogP contribution in [0.2, 0.25) is 0 Å². The average Bonchev–Trinajstić information content (AvgIpc) is 2.48. The highest BCUT2D eigenvalue weighted by Gasteiger charge is 2.33. The van der Waals surface area contributed by atoms with E-state index in [1.54, 1.807) is 6.92 Å². The highest BCUT2D eigenvalue weighted by atomic mass is 32.2. The van der Waals surface area contributed by atoms with Crippen molar-refractivity contribution in [3.05, 3.63) is 30.1 Å². The first-order chi connectivity index (χ1) is 9.95. The van der Waals surface area contributed by atoms with Gasteiger partial charge >= 0.3 is 5.97 Å². The molecule has 0 amide bonds. The van der Waals surface area contributed by atoms with Crippen molar-refractivity contribution in [1.29, 1.82) is 0 Å². The summed E-state index contributed by atoms with van der Waals surface area (Å²) in [6.45, 7) is 2.46. The number of sulfonamides is 1. The Morgan fingerprint density at radius 1 is 1.38 bits per heavy atom. The van der Waals surface area contributed by atoms with Crippen molar-refractivity contribution >= 4 is 16.0 Å². The largest absolute Gasteiger partial charge is 0.466 e. The van der Waals surface area contributed by atoms with Crippen LogP contribution in [-0.2, 0) is 19.6 Å². The molecule has 0 bridgehead atoms. The summed E-state index contributed by atoms with van der Waals surface area (Å²) in [5.41, 5.74) is 0. The zero-order chi connectivity index (χ0) is 15.5. The van der Waals surface area contributed by atoms with E-state index in [2.05, 4.69) is 0 Å².